The van der Waals surface area contributed by atoms with Gasteiger partial charge in [-0.05, 0) is 31.0 Å². The second-order valence-electron chi connectivity index (χ2n) is 4.26. The number of hydrogen-bond donors (Lipinski definition) is 2. The predicted octanol–water partition coefficient (Wildman–Crippen LogP) is 0.675. The first-order valence-corrected chi connectivity index (χ1v) is 7.40. The van der Waals surface area contributed by atoms with Crippen molar-refractivity contribution < 1.29 is 8.42 Å². The van der Waals surface area contributed by atoms with Gasteiger partial charge < -0.3 is 5.32 Å². The van der Waals surface area contributed by atoms with E-state index in [4.69, 9.17) is 0 Å². The minimum atomic E-state index is -3.25. The van der Waals surface area contributed by atoms with Crippen molar-refractivity contribution in [1.82, 2.24) is 15.0 Å². The molecule has 7 heteroatoms. The fourth-order valence-electron chi connectivity index (χ4n) is 1.91. The number of nitrogens with one attached hydrogen (secondary N) is 2. The maximum absolute atomic E-state index is 11.8. The van der Waals surface area contributed by atoms with Crippen molar-refractivity contribution in [2.45, 2.75) is 24.6 Å². The molecule has 0 amide bonds. The van der Waals surface area contributed by atoms with E-state index in [0.29, 0.717) is 12.1 Å². The number of rotatable bonds is 5. The highest BCUT2D eigenvalue weighted by molar-refractivity contribution is 7.88. The van der Waals surface area contributed by atoms with Crippen LogP contribution in [0.1, 0.15) is 18.4 Å². The average Bonchev–Trinajstić information content (AvgIpc) is 2.80. The molecule has 1 saturated heterocycles. The highest BCUT2D eigenvalue weighted by atomic mass is 35.5. The van der Waals surface area contributed by atoms with Crippen LogP contribution in [0.25, 0.3) is 0 Å². The molecule has 1 aliphatic heterocycles. The molecule has 0 aromatic carbocycles. The third kappa shape index (κ3) is 4.89. The average molecular weight is 292 g/mol. The number of pyridine rings is 1. The molecule has 2 rings (SSSR count). The summed E-state index contributed by atoms with van der Waals surface area (Å²) in [5.74, 6) is -0.00639. The monoisotopic (exact) mass is 291 g/mol. The summed E-state index contributed by atoms with van der Waals surface area (Å²) in [7, 11) is -3.25. The lowest BCUT2D eigenvalue weighted by molar-refractivity contribution is 0.551. The molecular weight excluding hydrogens is 274 g/mol. The summed E-state index contributed by atoms with van der Waals surface area (Å²) in [6.07, 6.45) is 5.36. The van der Waals surface area contributed by atoms with Crippen molar-refractivity contribution in [3.63, 3.8) is 0 Å². The van der Waals surface area contributed by atoms with Crippen molar-refractivity contribution in [2.24, 2.45) is 0 Å². The Morgan fingerprint density at radius 3 is 2.94 bits per heavy atom. The van der Waals surface area contributed by atoms with Gasteiger partial charge in [0.25, 0.3) is 0 Å². The summed E-state index contributed by atoms with van der Waals surface area (Å²) < 4.78 is 26.2. The van der Waals surface area contributed by atoms with Crippen molar-refractivity contribution in [3.05, 3.63) is 30.1 Å². The molecule has 102 valence electrons. The highest BCUT2D eigenvalue weighted by Crippen LogP contribution is 2.06. The molecule has 1 atom stereocenters. The fraction of sp³-hybridized carbons (Fsp3) is 0.545. The lowest BCUT2D eigenvalue weighted by atomic mass is 10.2. The predicted molar refractivity (Wildman–Crippen MR) is 73.1 cm³/mol. The van der Waals surface area contributed by atoms with Gasteiger partial charge >= 0.3 is 0 Å². The molecule has 1 aliphatic rings. The Balaban J connectivity index is 0.00000162. The van der Waals surface area contributed by atoms with Crippen LogP contribution in [0, 0.1) is 0 Å². The first-order chi connectivity index (χ1) is 8.16. The van der Waals surface area contributed by atoms with Crippen LogP contribution in [0.15, 0.2) is 24.5 Å². The van der Waals surface area contributed by atoms with Crippen LogP contribution in [0.2, 0.25) is 0 Å². The first-order valence-electron chi connectivity index (χ1n) is 5.75. The van der Waals surface area contributed by atoms with Gasteiger partial charge in [0, 0.05) is 25.0 Å². The lowest BCUT2D eigenvalue weighted by Crippen LogP contribution is -2.37. The molecule has 2 heterocycles. The Labute approximate surface area is 114 Å². The van der Waals surface area contributed by atoms with Crippen LogP contribution in [-0.4, -0.2) is 32.5 Å². The fourth-order valence-corrected chi connectivity index (χ4v) is 3.08. The van der Waals surface area contributed by atoms with Crippen LogP contribution in [0.4, 0.5) is 0 Å². The molecule has 18 heavy (non-hydrogen) atoms. The minimum absolute atomic E-state index is 0. The van der Waals surface area contributed by atoms with E-state index in [1.54, 1.807) is 24.5 Å². The van der Waals surface area contributed by atoms with E-state index in [1.165, 1.54) is 0 Å². The Morgan fingerprint density at radius 1 is 1.50 bits per heavy atom. The van der Waals surface area contributed by atoms with Crippen LogP contribution in [0.5, 0.6) is 0 Å². The molecule has 0 saturated carbocycles. The molecule has 0 bridgehead atoms. The van der Waals surface area contributed by atoms with Gasteiger partial charge in [-0.1, -0.05) is 6.07 Å². The van der Waals surface area contributed by atoms with Crippen LogP contribution in [-0.2, 0) is 15.8 Å². The van der Waals surface area contributed by atoms with Crippen LogP contribution >= 0.6 is 12.4 Å². The number of hydrogen-bond acceptors (Lipinski definition) is 4. The second kappa shape index (κ2) is 7.04. The Bertz CT molecular complexity index is 447. The van der Waals surface area contributed by atoms with Gasteiger partial charge in [-0.15, -0.1) is 12.4 Å². The Hall–Kier alpha value is -0.690. The Morgan fingerprint density at radius 2 is 2.33 bits per heavy atom. The topological polar surface area (TPSA) is 71.1 Å². The van der Waals surface area contributed by atoms with Crippen LogP contribution in [0.3, 0.4) is 0 Å². The summed E-state index contributed by atoms with van der Waals surface area (Å²) in [5.41, 5.74) is 0.708. The zero-order valence-corrected chi connectivity index (χ0v) is 11.6. The SMILES string of the molecule is Cl.O=S(=O)(Cc1cccnc1)NCC1CCCN1. The van der Waals surface area contributed by atoms with Gasteiger partial charge in [-0.2, -0.15) is 0 Å². The summed E-state index contributed by atoms with van der Waals surface area (Å²) >= 11 is 0. The first kappa shape index (κ1) is 15.4. The van der Waals surface area contributed by atoms with Gasteiger partial charge in [0.1, 0.15) is 0 Å². The van der Waals surface area contributed by atoms with E-state index in [9.17, 15) is 8.42 Å². The molecule has 0 aliphatic carbocycles. The van der Waals surface area contributed by atoms with E-state index in [-0.39, 0.29) is 24.2 Å². The van der Waals surface area contributed by atoms with E-state index >= 15 is 0 Å². The molecule has 5 nitrogen and oxygen atoms in total. The quantitative estimate of drug-likeness (QED) is 0.837. The van der Waals surface area contributed by atoms with Gasteiger partial charge in [0.15, 0.2) is 0 Å². The highest BCUT2D eigenvalue weighted by Gasteiger charge is 2.17. The maximum atomic E-state index is 11.8. The third-order valence-corrected chi connectivity index (χ3v) is 4.11. The van der Waals surface area contributed by atoms with Crippen molar-refractivity contribution in [2.75, 3.05) is 13.1 Å². The minimum Gasteiger partial charge on any atom is -0.313 e. The van der Waals surface area contributed by atoms with E-state index in [0.717, 1.165) is 19.4 Å². The van der Waals surface area contributed by atoms with Crippen molar-refractivity contribution in [3.8, 4) is 0 Å². The molecule has 0 radical (unpaired) electrons. The molecule has 0 spiro atoms. The number of sulfonamides is 1. The molecular formula is C11H18ClN3O2S. The number of nitrogens with zero attached hydrogens (tertiary/aromatic N) is 1. The molecule has 1 fully saturated rings. The molecule has 2 N–H and O–H groups in total. The second-order valence-corrected chi connectivity index (χ2v) is 6.07. The van der Waals surface area contributed by atoms with Crippen LogP contribution < -0.4 is 10.0 Å². The zero-order chi connectivity index (χ0) is 12.1. The third-order valence-electron chi connectivity index (χ3n) is 2.79. The van der Waals surface area contributed by atoms with E-state index < -0.39 is 10.0 Å². The van der Waals surface area contributed by atoms with E-state index in [2.05, 4.69) is 15.0 Å². The molecule has 1 aromatic heterocycles. The largest absolute Gasteiger partial charge is 0.313 e. The summed E-state index contributed by atoms with van der Waals surface area (Å²) in [5, 5.41) is 3.25. The van der Waals surface area contributed by atoms with Gasteiger partial charge in [0.05, 0.1) is 5.75 Å². The van der Waals surface area contributed by atoms with Gasteiger partial charge in [0.2, 0.25) is 10.0 Å². The number of aromatic nitrogens is 1. The van der Waals surface area contributed by atoms with Crippen molar-refractivity contribution in [1.29, 1.82) is 0 Å². The maximum Gasteiger partial charge on any atom is 0.215 e. The normalized spacial score (nSPS) is 19.4. The van der Waals surface area contributed by atoms with E-state index in [1.807, 2.05) is 0 Å². The smallest absolute Gasteiger partial charge is 0.215 e. The summed E-state index contributed by atoms with van der Waals surface area (Å²) in [6, 6.07) is 3.78. The lowest BCUT2D eigenvalue weighted by Gasteiger charge is -2.11. The zero-order valence-electron chi connectivity index (χ0n) is 10.0. The Kier molecular flexibility index (Phi) is 6.01. The molecule has 1 aromatic rings. The number of halogens is 1. The van der Waals surface area contributed by atoms with Crippen molar-refractivity contribution >= 4 is 22.4 Å². The molecule has 1 unspecified atom stereocenters. The van der Waals surface area contributed by atoms with Gasteiger partial charge in [-0.3, -0.25) is 4.98 Å². The standard InChI is InChI=1S/C11H17N3O2S.ClH/c15-17(16,9-10-3-1-5-12-7-10)14-8-11-4-2-6-13-11;/h1,3,5,7,11,13-14H,2,4,6,8-9H2;1H. The van der Waals surface area contributed by atoms with Gasteiger partial charge in [-0.25, -0.2) is 13.1 Å². The summed E-state index contributed by atoms with van der Waals surface area (Å²) in [6.45, 7) is 1.46. The summed E-state index contributed by atoms with van der Waals surface area (Å²) in [4.78, 5) is 3.90.